The maximum atomic E-state index is 13.0. The van der Waals surface area contributed by atoms with Crippen LogP contribution in [-0.2, 0) is 19.1 Å². The molecule has 0 aromatic rings. The van der Waals surface area contributed by atoms with Crippen LogP contribution in [0.4, 0.5) is 8.78 Å². The lowest BCUT2D eigenvalue weighted by molar-refractivity contribution is -0.222. The van der Waals surface area contributed by atoms with E-state index in [1.165, 1.54) is 13.8 Å². The Bertz CT molecular complexity index is 403. The number of alkyl halides is 2. The van der Waals surface area contributed by atoms with E-state index in [0.717, 1.165) is 0 Å². The summed E-state index contributed by atoms with van der Waals surface area (Å²) in [4.78, 5) is 23.4. The Kier molecular flexibility index (Phi) is 2.91. The molecule has 6 heteroatoms. The maximum Gasteiger partial charge on any atom is 0.348 e. The van der Waals surface area contributed by atoms with Gasteiger partial charge in [0.25, 0.3) is 5.79 Å². The molecular weight excluding hydrogens is 246 g/mol. The average molecular weight is 260 g/mol. The second kappa shape index (κ2) is 4.03. The first-order valence-corrected chi connectivity index (χ1v) is 5.77. The zero-order valence-corrected chi connectivity index (χ0v) is 10.2. The standard InChI is InChI=1S/C12H14F2O4/c1-11(2)17-9(15)8(10(16)18-11)7-3-5-12(13,14)6-4-7/h3-6H2,1-2H3. The number of allylic oxidation sites excluding steroid dienone is 1. The number of hydrogen-bond acceptors (Lipinski definition) is 4. The van der Waals surface area contributed by atoms with Gasteiger partial charge in [0.2, 0.25) is 5.92 Å². The number of carbonyl (C=O) groups is 2. The lowest BCUT2D eigenvalue weighted by Crippen LogP contribution is -2.42. The third kappa shape index (κ3) is 2.52. The van der Waals surface area contributed by atoms with E-state index in [4.69, 9.17) is 9.47 Å². The van der Waals surface area contributed by atoms with Crippen LogP contribution in [0.2, 0.25) is 0 Å². The van der Waals surface area contributed by atoms with E-state index in [-0.39, 0.29) is 31.3 Å². The molecule has 0 spiro atoms. The molecule has 0 N–H and O–H groups in total. The third-order valence-electron chi connectivity index (χ3n) is 3.02. The van der Waals surface area contributed by atoms with Gasteiger partial charge in [-0.1, -0.05) is 0 Å². The number of cyclic esters (lactones) is 2. The van der Waals surface area contributed by atoms with E-state index in [2.05, 4.69) is 0 Å². The summed E-state index contributed by atoms with van der Waals surface area (Å²) < 4.78 is 35.9. The Morgan fingerprint density at radius 2 is 1.44 bits per heavy atom. The van der Waals surface area contributed by atoms with Crippen LogP contribution >= 0.6 is 0 Å². The molecule has 0 radical (unpaired) electrons. The van der Waals surface area contributed by atoms with Gasteiger partial charge in [-0.3, -0.25) is 0 Å². The summed E-state index contributed by atoms with van der Waals surface area (Å²) >= 11 is 0. The van der Waals surface area contributed by atoms with Crippen molar-refractivity contribution in [3.05, 3.63) is 11.1 Å². The number of esters is 2. The van der Waals surface area contributed by atoms with Crippen molar-refractivity contribution in [1.29, 1.82) is 0 Å². The highest BCUT2D eigenvalue weighted by atomic mass is 19.3. The summed E-state index contributed by atoms with van der Waals surface area (Å²) in [7, 11) is 0. The summed E-state index contributed by atoms with van der Waals surface area (Å²) in [5.41, 5.74) is 0.205. The van der Waals surface area contributed by atoms with E-state index in [1.807, 2.05) is 0 Å². The minimum atomic E-state index is -2.72. The van der Waals surface area contributed by atoms with Crippen molar-refractivity contribution in [3.8, 4) is 0 Å². The molecule has 0 amide bonds. The Labute approximate surface area is 103 Å². The first kappa shape index (κ1) is 13.0. The lowest BCUT2D eigenvalue weighted by Gasteiger charge is -2.32. The Hall–Kier alpha value is -1.46. The molecule has 1 aliphatic carbocycles. The molecule has 100 valence electrons. The molecule has 4 nitrogen and oxygen atoms in total. The van der Waals surface area contributed by atoms with Crippen molar-refractivity contribution in [2.45, 2.75) is 51.2 Å². The molecular formula is C12H14F2O4. The minimum Gasteiger partial charge on any atom is -0.419 e. The van der Waals surface area contributed by atoms with Gasteiger partial charge in [0, 0.05) is 26.7 Å². The van der Waals surface area contributed by atoms with E-state index in [9.17, 15) is 18.4 Å². The number of halogens is 2. The largest absolute Gasteiger partial charge is 0.419 e. The summed E-state index contributed by atoms with van der Waals surface area (Å²) in [6.07, 6.45) is -0.661. The Morgan fingerprint density at radius 3 is 1.89 bits per heavy atom. The van der Waals surface area contributed by atoms with Crippen LogP contribution in [0.25, 0.3) is 0 Å². The summed E-state index contributed by atoms with van der Waals surface area (Å²) in [6, 6.07) is 0. The topological polar surface area (TPSA) is 52.6 Å². The highest BCUT2D eigenvalue weighted by Gasteiger charge is 2.42. The van der Waals surface area contributed by atoms with Crippen LogP contribution in [0.15, 0.2) is 11.1 Å². The van der Waals surface area contributed by atoms with E-state index in [0.29, 0.717) is 5.57 Å². The van der Waals surface area contributed by atoms with Gasteiger partial charge in [-0.15, -0.1) is 0 Å². The van der Waals surface area contributed by atoms with Crippen molar-refractivity contribution >= 4 is 11.9 Å². The first-order valence-electron chi connectivity index (χ1n) is 5.77. The molecule has 2 rings (SSSR count). The number of carbonyl (C=O) groups excluding carboxylic acids is 2. The highest BCUT2D eigenvalue weighted by molar-refractivity contribution is 6.16. The van der Waals surface area contributed by atoms with Crippen LogP contribution in [0.3, 0.4) is 0 Å². The third-order valence-corrected chi connectivity index (χ3v) is 3.02. The summed E-state index contributed by atoms with van der Waals surface area (Å²) in [6.45, 7) is 2.89. The zero-order valence-electron chi connectivity index (χ0n) is 10.2. The molecule has 0 atom stereocenters. The smallest absolute Gasteiger partial charge is 0.348 e. The summed E-state index contributed by atoms with van der Waals surface area (Å²) in [5.74, 6) is -5.57. The second-order valence-electron chi connectivity index (χ2n) is 5.01. The number of hydrogen-bond donors (Lipinski definition) is 0. The van der Waals surface area contributed by atoms with E-state index >= 15 is 0 Å². The molecule has 1 saturated heterocycles. The van der Waals surface area contributed by atoms with E-state index in [1.54, 1.807) is 0 Å². The molecule has 18 heavy (non-hydrogen) atoms. The number of ether oxygens (including phenoxy) is 2. The second-order valence-corrected chi connectivity index (χ2v) is 5.01. The quantitative estimate of drug-likeness (QED) is 0.381. The Morgan fingerprint density at radius 1 is 1.00 bits per heavy atom. The fraction of sp³-hybridized carbons (Fsp3) is 0.667. The highest BCUT2D eigenvalue weighted by Crippen LogP contribution is 2.38. The first-order chi connectivity index (χ1) is 8.20. The fourth-order valence-electron chi connectivity index (χ4n) is 2.11. The molecule has 2 fully saturated rings. The van der Waals surface area contributed by atoms with Gasteiger partial charge in [-0.2, -0.15) is 0 Å². The SMILES string of the molecule is CC1(C)OC(=O)C(=C2CCC(F)(F)CC2)C(=O)O1. The normalized spacial score (nSPS) is 26.7. The van der Waals surface area contributed by atoms with Crippen molar-refractivity contribution in [2.75, 3.05) is 0 Å². The average Bonchev–Trinajstić information content (AvgIpc) is 2.17. The van der Waals surface area contributed by atoms with Crippen LogP contribution in [0, 0.1) is 0 Å². The van der Waals surface area contributed by atoms with Crippen LogP contribution in [0.5, 0.6) is 0 Å². The monoisotopic (exact) mass is 260 g/mol. The van der Waals surface area contributed by atoms with Gasteiger partial charge in [-0.05, 0) is 18.4 Å². The lowest BCUT2D eigenvalue weighted by atomic mass is 9.88. The van der Waals surface area contributed by atoms with Crippen LogP contribution in [-0.4, -0.2) is 23.6 Å². The van der Waals surface area contributed by atoms with Crippen LogP contribution in [0.1, 0.15) is 39.5 Å². The number of rotatable bonds is 0. The van der Waals surface area contributed by atoms with Crippen molar-refractivity contribution in [3.63, 3.8) is 0 Å². The van der Waals surface area contributed by atoms with Gasteiger partial charge < -0.3 is 9.47 Å². The minimum absolute atomic E-state index is 0.0208. The summed E-state index contributed by atoms with van der Waals surface area (Å²) in [5, 5.41) is 0. The molecule has 0 bridgehead atoms. The van der Waals surface area contributed by atoms with E-state index < -0.39 is 23.6 Å². The molecule has 2 aliphatic rings. The predicted molar refractivity (Wildman–Crippen MR) is 56.7 cm³/mol. The Balaban J connectivity index is 2.23. The van der Waals surface area contributed by atoms with Crippen molar-refractivity contribution < 1.29 is 27.8 Å². The molecule has 0 unspecified atom stereocenters. The molecule has 1 aliphatic heterocycles. The van der Waals surface area contributed by atoms with Gasteiger partial charge in [0.15, 0.2) is 0 Å². The van der Waals surface area contributed by atoms with Gasteiger partial charge in [0.1, 0.15) is 5.57 Å². The predicted octanol–water partition coefficient (Wildman–Crippen LogP) is 2.33. The molecule has 0 aromatic carbocycles. The molecule has 0 aromatic heterocycles. The molecule has 1 saturated carbocycles. The van der Waals surface area contributed by atoms with Crippen molar-refractivity contribution in [1.82, 2.24) is 0 Å². The van der Waals surface area contributed by atoms with Crippen molar-refractivity contribution in [2.24, 2.45) is 0 Å². The molecule has 1 heterocycles. The zero-order chi connectivity index (χ0) is 13.6. The van der Waals surface area contributed by atoms with Gasteiger partial charge in [0.05, 0.1) is 0 Å². The van der Waals surface area contributed by atoms with Gasteiger partial charge in [-0.25, -0.2) is 18.4 Å². The maximum absolute atomic E-state index is 13.0. The van der Waals surface area contributed by atoms with Crippen LogP contribution < -0.4 is 0 Å². The fourth-order valence-corrected chi connectivity index (χ4v) is 2.11. The van der Waals surface area contributed by atoms with Gasteiger partial charge >= 0.3 is 11.9 Å².